The molecule has 1 aliphatic heterocycles. The van der Waals surface area contributed by atoms with E-state index in [2.05, 4.69) is 5.32 Å². The van der Waals surface area contributed by atoms with Gasteiger partial charge in [-0.15, -0.1) is 0 Å². The SMILES string of the molecule is CCC1CNC(=S)N(c2ccccc2F)C1=O. The minimum absolute atomic E-state index is 0.138. The lowest BCUT2D eigenvalue weighted by Gasteiger charge is -2.33. The molecule has 0 bridgehead atoms. The Morgan fingerprint density at radius 2 is 2.24 bits per heavy atom. The molecule has 1 aromatic rings. The molecule has 1 fully saturated rings. The van der Waals surface area contributed by atoms with Crippen molar-refractivity contribution in [3.63, 3.8) is 0 Å². The topological polar surface area (TPSA) is 32.3 Å². The van der Waals surface area contributed by atoms with Gasteiger partial charge in [-0.1, -0.05) is 19.1 Å². The van der Waals surface area contributed by atoms with Crippen LogP contribution in [0, 0.1) is 11.7 Å². The van der Waals surface area contributed by atoms with Gasteiger partial charge in [-0.25, -0.2) is 4.39 Å². The highest BCUT2D eigenvalue weighted by Gasteiger charge is 2.33. The third-order valence-corrected chi connectivity index (χ3v) is 3.19. The number of amides is 1. The van der Waals surface area contributed by atoms with Gasteiger partial charge in [0.05, 0.1) is 11.6 Å². The first kappa shape index (κ1) is 12.0. The molecule has 0 aromatic heterocycles. The smallest absolute Gasteiger partial charge is 0.238 e. The van der Waals surface area contributed by atoms with E-state index in [0.717, 1.165) is 0 Å². The third-order valence-electron chi connectivity index (χ3n) is 2.86. The molecular weight excluding hydrogens is 239 g/mol. The number of halogens is 1. The van der Waals surface area contributed by atoms with Crippen LogP contribution in [0.5, 0.6) is 0 Å². The molecular formula is C12H13FN2OS. The molecule has 1 saturated heterocycles. The summed E-state index contributed by atoms with van der Waals surface area (Å²) in [4.78, 5) is 13.4. The molecule has 0 radical (unpaired) electrons. The Bertz CT molecular complexity index is 464. The van der Waals surface area contributed by atoms with Crippen LogP contribution in [0.3, 0.4) is 0 Å². The largest absolute Gasteiger partial charge is 0.361 e. The van der Waals surface area contributed by atoms with Gasteiger partial charge in [0.2, 0.25) is 5.91 Å². The maximum absolute atomic E-state index is 13.7. The number of thiocarbonyl (C=S) groups is 1. The number of carbonyl (C=O) groups is 1. The molecule has 1 aliphatic rings. The Balaban J connectivity index is 2.38. The van der Waals surface area contributed by atoms with Gasteiger partial charge >= 0.3 is 0 Å². The predicted molar refractivity (Wildman–Crippen MR) is 68.3 cm³/mol. The lowest BCUT2D eigenvalue weighted by Crippen LogP contribution is -2.55. The highest BCUT2D eigenvalue weighted by Crippen LogP contribution is 2.24. The zero-order valence-corrected chi connectivity index (χ0v) is 10.3. The molecule has 90 valence electrons. The zero-order chi connectivity index (χ0) is 12.4. The third kappa shape index (κ3) is 2.15. The van der Waals surface area contributed by atoms with Crippen LogP contribution < -0.4 is 10.2 Å². The van der Waals surface area contributed by atoms with Crippen molar-refractivity contribution in [2.45, 2.75) is 13.3 Å². The highest BCUT2D eigenvalue weighted by molar-refractivity contribution is 7.80. The van der Waals surface area contributed by atoms with Gasteiger partial charge < -0.3 is 5.32 Å². The van der Waals surface area contributed by atoms with Crippen LogP contribution in [0.25, 0.3) is 0 Å². The van der Waals surface area contributed by atoms with Crippen molar-refractivity contribution in [1.82, 2.24) is 5.32 Å². The van der Waals surface area contributed by atoms with Gasteiger partial charge in [-0.05, 0) is 30.8 Å². The molecule has 3 nitrogen and oxygen atoms in total. The number of hydrogen-bond donors (Lipinski definition) is 1. The summed E-state index contributed by atoms with van der Waals surface area (Å²) in [7, 11) is 0. The van der Waals surface area contributed by atoms with E-state index >= 15 is 0 Å². The van der Waals surface area contributed by atoms with Crippen molar-refractivity contribution in [2.24, 2.45) is 5.92 Å². The summed E-state index contributed by atoms with van der Waals surface area (Å²) in [6.07, 6.45) is 0.708. The first-order valence-electron chi connectivity index (χ1n) is 5.51. The molecule has 1 unspecified atom stereocenters. The lowest BCUT2D eigenvalue weighted by molar-refractivity contribution is -0.121. The molecule has 1 N–H and O–H groups in total. The number of anilines is 1. The second-order valence-electron chi connectivity index (χ2n) is 3.92. The van der Waals surface area contributed by atoms with Crippen LogP contribution in [0.2, 0.25) is 0 Å². The van der Waals surface area contributed by atoms with E-state index in [1.165, 1.54) is 11.0 Å². The van der Waals surface area contributed by atoms with Crippen LogP contribution in [-0.4, -0.2) is 17.6 Å². The summed E-state index contributed by atoms with van der Waals surface area (Å²) in [6, 6.07) is 6.14. The highest BCUT2D eigenvalue weighted by atomic mass is 32.1. The maximum Gasteiger partial charge on any atom is 0.238 e. The fourth-order valence-corrected chi connectivity index (χ4v) is 2.11. The summed E-state index contributed by atoms with van der Waals surface area (Å²) in [6.45, 7) is 2.46. The van der Waals surface area contributed by atoms with E-state index in [1.54, 1.807) is 18.2 Å². The van der Waals surface area contributed by atoms with Gasteiger partial charge in [0.15, 0.2) is 5.11 Å². The number of rotatable bonds is 2. The monoisotopic (exact) mass is 252 g/mol. The van der Waals surface area contributed by atoms with E-state index < -0.39 is 5.82 Å². The van der Waals surface area contributed by atoms with Gasteiger partial charge in [-0.3, -0.25) is 9.69 Å². The van der Waals surface area contributed by atoms with Crippen LogP contribution in [0.4, 0.5) is 10.1 Å². The van der Waals surface area contributed by atoms with Crippen molar-refractivity contribution in [3.05, 3.63) is 30.1 Å². The minimum atomic E-state index is -0.443. The normalized spacial score (nSPS) is 20.4. The van der Waals surface area contributed by atoms with E-state index in [1.807, 2.05) is 6.92 Å². The molecule has 1 aromatic carbocycles. The zero-order valence-electron chi connectivity index (χ0n) is 9.44. The number of nitrogens with zero attached hydrogens (tertiary/aromatic N) is 1. The van der Waals surface area contributed by atoms with E-state index in [-0.39, 0.29) is 22.6 Å². The van der Waals surface area contributed by atoms with Crippen LogP contribution in [-0.2, 0) is 4.79 Å². The van der Waals surface area contributed by atoms with Crippen molar-refractivity contribution in [2.75, 3.05) is 11.4 Å². The van der Waals surface area contributed by atoms with Crippen molar-refractivity contribution < 1.29 is 9.18 Å². The molecule has 17 heavy (non-hydrogen) atoms. The van der Waals surface area contributed by atoms with Crippen LogP contribution >= 0.6 is 12.2 Å². The van der Waals surface area contributed by atoms with Crippen molar-refractivity contribution in [3.8, 4) is 0 Å². The predicted octanol–water partition coefficient (Wildman–Crippen LogP) is 2.07. The van der Waals surface area contributed by atoms with Crippen LogP contribution in [0.15, 0.2) is 24.3 Å². The number of nitrogens with one attached hydrogen (secondary N) is 1. The summed E-state index contributed by atoms with van der Waals surface area (Å²) in [5, 5.41) is 3.23. The molecule has 0 saturated carbocycles. The molecule has 0 spiro atoms. The molecule has 1 amide bonds. The molecule has 5 heteroatoms. The average molecular weight is 252 g/mol. The maximum atomic E-state index is 13.7. The summed E-state index contributed by atoms with van der Waals surface area (Å²) < 4.78 is 13.7. The molecule has 1 heterocycles. The van der Waals surface area contributed by atoms with E-state index in [4.69, 9.17) is 12.2 Å². The lowest BCUT2D eigenvalue weighted by atomic mass is 10.0. The van der Waals surface area contributed by atoms with Crippen LogP contribution in [0.1, 0.15) is 13.3 Å². The number of para-hydroxylation sites is 1. The van der Waals surface area contributed by atoms with E-state index in [9.17, 15) is 9.18 Å². The Morgan fingerprint density at radius 1 is 1.53 bits per heavy atom. The van der Waals surface area contributed by atoms with Gasteiger partial charge in [0.25, 0.3) is 0 Å². The average Bonchev–Trinajstić information content (AvgIpc) is 2.32. The van der Waals surface area contributed by atoms with Gasteiger partial charge in [-0.2, -0.15) is 0 Å². The quantitative estimate of drug-likeness (QED) is 0.818. The fraction of sp³-hybridized carbons (Fsp3) is 0.333. The standard InChI is InChI=1S/C12H13FN2OS/c1-2-8-7-14-12(17)15(11(8)16)10-6-4-3-5-9(10)13/h3-6,8H,2,7H2,1H3,(H,14,17). The number of hydrogen-bond acceptors (Lipinski definition) is 2. The van der Waals surface area contributed by atoms with Crippen molar-refractivity contribution >= 4 is 28.9 Å². The number of carbonyl (C=O) groups excluding carboxylic acids is 1. The Hall–Kier alpha value is -1.49. The minimum Gasteiger partial charge on any atom is -0.361 e. The van der Waals surface area contributed by atoms with Gasteiger partial charge in [0, 0.05) is 6.54 Å². The molecule has 2 rings (SSSR count). The molecule has 0 aliphatic carbocycles. The second-order valence-corrected chi connectivity index (χ2v) is 4.30. The van der Waals surface area contributed by atoms with Crippen molar-refractivity contribution in [1.29, 1.82) is 0 Å². The summed E-state index contributed by atoms with van der Waals surface area (Å²) in [5.41, 5.74) is 0.216. The fourth-order valence-electron chi connectivity index (χ4n) is 1.84. The first-order chi connectivity index (χ1) is 8.15. The Morgan fingerprint density at radius 3 is 2.88 bits per heavy atom. The second kappa shape index (κ2) is 4.79. The first-order valence-corrected chi connectivity index (χ1v) is 5.92. The Kier molecular flexibility index (Phi) is 3.38. The van der Waals surface area contributed by atoms with E-state index in [0.29, 0.717) is 13.0 Å². The summed E-state index contributed by atoms with van der Waals surface area (Å²) in [5.74, 6) is -0.732. The number of benzene rings is 1. The van der Waals surface area contributed by atoms with Gasteiger partial charge in [0.1, 0.15) is 5.82 Å². The summed E-state index contributed by atoms with van der Waals surface area (Å²) >= 11 is 5.07. The Labute approximate surface area is 105 Å². The molecule has 1 atom stereocenters.